The van der Waals surface area contributed by atoms with E-state index in [2.05, 4.69) is 0 Å². The van der Waals surface area contributed by atoms with E-state index in [-0.39, 0.29) is 12.1 Å². The third-order valence-electron chi connectivity index (χ3n) is 2.08. The minimum Gasteiger partial charge on any atom is -0.380 e. The van der Waals surface area contributed by atoms with Gasteiger partial charge >= 0.3 is 0 Å². The lowest BCUT2D eigenvalue weighted by Gasteiger charge is -2.16. The van der Waals surface area contributed by atoms with E-state index in [9.17, 15) is 0 Å². The van der Waals surface area contributed by atoms with E-state index < -0.39 is 0 Å². The Kier molecular flexibility index (Phi) is 2.09. The van der Waals surface area contributed by atoms with E-state index in [4.69, 9.17) is 10.5 Å². The first-order valence-electron chi connectivity index (χ1n) is 3.54. The Morgan fingerprint density at radius 2 is 2.11 bits per heavy atom. The molecule has 1 aliphatic rings. The zero-order chi connectivity index (χ0) is 6.85. The fourth-order valence-electron chi connectivity index (χ4n) is 1.02. The van der Waals surface area contributed by atoms with Crippen molar-refractivity contribution in [3.63, 3.8) is 0 Å². The zero-order valence-corrected chi connectivity index (χ0v) is 6.13. The summed E-state index contributed by atoms with van der Waals surface area (Å²) >= 11 is 0. The molecule has 1 saturated carbocycles. The molecular formula is C7H15NO. The molecule has 0 aliphatic heterocycles. The van der Waals surface area contributed by atoms with Crippen LogP contribution in [0, 0.1) is 5.92 Å². The van der Waals surface area contributed by atoms with Gasteiger partial charge in [0.25, 0.3) is 0 Å². The van der Waals surface area contributed by atoms with Crippen molar-refractivity contribution in [2.75, 3.05) is 7.11 Å². The molecule has 0 bridgehead atoms. The molecule has 2 heteroatoms. The standard InChI is InChI=1S/C7H15NO/c1-5(9-2)7(8)6-3-4-6/h5-7H,3-4,8H2,1-2H3. The highest BCUT2D eigenvalue weighted by molar-refractivity contribution is 4.87. The fraction of sp³-hybridized carbons (Fsp3) is 1.00. The average molecular weight is 129 g/mol. The maximum absolute atomic E-state index is 5.81. The average Bonchev–Trinajstić information content (AvgIpc) is 2.66. The summed E-state index contributed by atoms with van der Waals surface area (Å²) in [6, 6.07) is 0.273. The summed E-state index contributed by atoms with van der Waals surface area (Å²) in [5, 5.41) is 0. The Bertz CT molecular complexity index is 90.9. The van der Waals surface area contributed by atoms with E-state index in [1.54, 1.807) is 7.11 Å². The predicted molar refractivity (Wildman–Crippen MR) is 37.2 cm³/mol. The molecule has 1 aliphatic carbocycles. The fourth-order valence-corrected chi connectivity index (χ4v) is 1.02. The minimum atomic E-state index is 0.234. The molecular weight excluding hydrogens is 114 g/mol. The van der Waals surface area contributed by atoms with Gasteiger partial charge in [0.2, 0.25) is 0 Å². The van der Waals surface area contributed by atoms with E-state index in [0.29, 0.717) is 0 Å². The van der Waals surface area contributed by atoms with Gasteiger partial charge in [0, 0.05) is 13.2 Å². The lowest BCUT2D eigenvalue weighted by atomic mass is 10.1. The van der Waals surface area contributed by atoms with Crippen LogP contribution in [0.15, 0.2) is 0 Å². The lowest BCUT2D eigenvalue weighted by molar-refractivity contribution is 0.0891. The molecule has 9 heavy (non-hydrogen) atoms. The van der Waals surface area contributed by atoms with Crippen LogP contribution in [-0.2, 0) is 4.74 Å². The van der Waals surface area contributed by atoms with Gasteiger partial charge < -0.3 is 10.5 Å². The van der Waals surface area contributed by atoms with Crippen LogP contribution in [0.4, 0.5) is 0 Å². The van der Waals surface area contributed by atoms with Crippen molar-refractivity contribution in [2.24, 2.45) is 11.7 Å². The van der Waals surface area contributed by atoms with Crippen LogP contribution in [0.1, 0.15) is 19.8 Å². The van der Waals surface area contributed by atoms with Crippen molar-refractivity contribution in [3.8, 4) is 0 Å². The Morgan fingerprint density at radius 1 is 1.56 bits per heavy atom. The van der Waals surface area contributed by atoms with Crippen molar-refractivity contribution < 1.29 is 4.74 Å². The molecule has 0 aromatic carbocycles. The summed E-state index contributed by atoms with van der Waals surface area (Å²) in [6.45, 7) is 2.03. The normalized spacial score (nSPS) is 25.7. The molecule has 0 radical (unpaired) electrons. The van der Waals surface area contributed by atoms with E-state index in [1.807, 2.05) is 6.92 Å². The summed E-state index contributed by atoms with van der Waals surface area (Å²) in [6.07, 6.45) is 2.83. The summed E-state index contributed by atoms with van der Waals surface area (Å²) in [5.41, 5.74) is 5.81. The van der Waals surface area contributed by atoms with Crippen LogP contribution >= 0.6 is 0 Å². The maximum Gasteiger partial charge on any atom is 0.0696 e. The molecule has 2 N–H and O–H groups in total. The topological polar surface area (TPSA) is 35.2 Å². The van der Waals surface area contributed by atoms with E-state index in [1.165, 1.54) is 12.8 Å². The Morgan fingerprint density at radius 3 is 2.44 bits per heavy atom. The Balaban J connectivity index is 2.22. The zero-order valence-electron chi connectivity index (χ0n) is 6.13. The van der Waals surface area contributed by atoms with Gasteiger partial charge in [-0.1, -0.05) is 0 Å². The lowest BCUT2D eigenvalue weighted by Crippen LogP contribution is -2.35. The number of nitrogens with two attached hydrogens (primary N) is 1. The molecule has 0 amide bonds. The number of hydrogen-bond donors (Lipinski definition) is 1. The molecule has 2 nitrogen and oxygen atoms in total. The first kappa shape index (κ1) is 7.03. The van der Waals surface area contributed by atoms with Crippen LogP contribution < -0.4 is 5.73 Å². The highest BCUT2D eigenvalue weighted by Gasteiger charge is 2.31. The van der Waals surface area contributed by atoms with Crippen molar-refractivity contribution in [1.82, 2.24) is 0 Å². The van der Waals surface area contributed by atoms with Gasteiger partial charge in [0.1, 0.15) is 0 Å². The number of ether oxygens (including phenoxy) is 1. The molecule has 0 aromatic heterocycles. The largest absolute Gasteiger partial charge is 0.380 e. The Hall–Kier alpha value is -0.0800. The van der Waals surface area contributed by atoms with E-state index in [0.717, 1.165) is 5.92 Å². The van der Waals surface area contributed by atoms with Gasteiger partial charge in [-0.15, -0.1) is 0 Å². The summed E-state index contributed by atoms with van der Waals surface area (Å²) in [5.74, 6) is 0.750. The van der Waals surface area contributed by atoms with Gasteiger partial charge in [0.05, 0.1) is 6.10 Å². The second-order valence-corrected chi connectivity index (χ2v) is 2.86. The molecule has 2 atom stereocenters. The monoisotopic (exact) mass is 129 g/mol. The molecule has 1 fully saturated rings. The molecule has 0 spiro atoms. The molecule has 2 unspecified atom stereocenters. The molecule has 0 heterocycles. The third kappa shape index (κ3) is 1.66. The highest BCUT2D eigenvalue weighted by atomic mass is 16.5. The molecule has 1 rings (SSSR count). The van der Waals surface area contributed by atoms with E-state index >= 15 is 0 Å². The van der Waals surface area contributed by atoms with Crippen LogP contribution in [0.3, 0.4) is 0 Å². The minimum absolute atomic E-state index is 0.234. The van der Waals surface area contributed by atoms with Crippen LogP contribution in [0.2, 0.25) is 0 Å². The summed E-state index contributed by atoms with van der Waals surface area (Å²) in [4.78, 5) is 0. The van der Waals surface area contributed by atoms with Gasteiger partial charge in [0.15, 0.2) is 0 Å². The maximum atomic E-state index is 5.81. The summed E-state index contributed by atoms with van der Waals surface area (Å²) in [7, 11) is 1.72. The number of methoxy groups -OCH3 is 1. The first-order valence-corrected chi connectivity index (χ1v) is 3.54. The van der Waals surface area contributed by atoms with Crippen LogP contribution in [-0.4, -0.2) is 19.3 Å². The highest BCUT2D eigenvalue weighted by Crippen LogP contribution is 2.33. The second kappa shape index (κ2) is 2.67. The SMILES string of the molecule is COC(C)C(N)C1CC1. The van der Waals surface area contributed by atoms with Gasteiger partial charge in [-0.3, -0.25) is 0 Å². The summed E-state index contributed by atoms with van der Waals surface area (Å²) < 4.78 is 5.09. The molecule has 54 valence electrons. The van der Waals surface area contributed by atoms with Crippen molar-refractivity contribution >= 4 is 0 Å². The first-order chi connectivity index (χ1) is 4.25. The molecule has 0 saturated heterocycles. The third-order valence-corrected chi connectivity index (χ3v) is 2.08. The smallest absolute Gasteiger partial charge is 0.0696 e. The van der Waals surface area contributed by atoms with Crippen molar-refractivity contribution in [1.29, 1.82) is 0 Å². The van der Waals surface area contributed by atoms with Crippen LogP contribution in [0.25, 0.3) is 0 Å². The van der Waals surface area contributed by atoms with Crippen LogP contribution in [0.5, 0.6) is 0 Å². The predicted octanol–water partition coefficient (Wildman–Crippen LogP) is 0.759. The van der Waals surface area contributed by atoms with Crippen molar-refractivity contribution in [3.05, 3.63) is 0 Å². The Labute approximate surface area is 56.4 Å². The van der Waals surface area contributed by atoms with Gasteiger partial charge in [-0.2, -0.15) is 0 Å². The quantitative estimate of drug-likeness (QED) is 0.610. The molecule has 0 aromatic rings. The second-order valence-electron chi connectivity index (χ2n) is 2.86. The van der Waals surface area contributed by atoms with Crippen molar-refractivity contribution in [2.45, 2.75) is 31.9 Å². The number of rotatable bonds is 3. The van der Waals surface area contributed by atoms with Gasteiger partial charge in [-0.25, -0.2) is 0 Å². The number of hydrogen-bond acceptors (Lipinski definition) is 2. The van der Waals surface area contributed by atoms with Gasteiger partial charge in [-0.05, 0) is 25.7 Å².